The van der Waals surface area contributed by atoms with Crippen LogP contribution in [0.5, 0.6) is 6.01 Å². The van der Waals surface area contributed by atoms with Crippen molar-refractivity contribution in [3.63, 3.8) is 0 Å². The van der Waals surface area contributed by atoms with Gasteiger partial charge in [0, 0.05) is 54.8 Å². The fourth-order valence-electron chi connectivity index (χ4n) is 8.68. The topological polar surface area (TPSA) is 153 Å². The zero-order valence-corrected chi connectivity index (χ0v) is 30.9. The Kier molecular flexibility index (Phi) is 9.03. The van der Waals surface area contributed by atoms with Gasteiger partial charge in [0.15, 0.2) is 5.82 Å². The number of carbonyl (C=O) groups excluding carboxylic acids is 1. The summed E-state index contributed by atoms with van der Waals surface area (Å²) in [5.41, 5.74) is 5.52. The third-order valence-corrected chi connectivity index (χ3v) is 12.5. The SMILES string of the molecule is CCN(c1nc(OC[C@@]23CCCN2C[C@H](F)C3)nc2c(F)c(-c3ccc(F)c4sc(N)c(C#N)c34)c(Cl)cc12)[C@@H]1CCN(C(=O)n2ccnc2C#N)[C@@H]1C. The van der Waals surface area contributed by atoms with Crippen LogP contribution in [0, 0.1) is 34.3 Å². The van der Waals surface area contributed by atoms with E-state index < -0.39 is 29.4 Å². The van der Waals surface area contributed by atoms with E-state index in [1.807, 2.05) is 30.9 Å². The van der Waals surface area contributed by atoms with Gasteiger partial charge in [-0.2, -0.15) is 20.5 Å². The van der Waals surface area contributed by atoms with Crippen LogP contribution < -0.4 is 15.4 Å². The molecule has 5 aromatic rings. The Morgan fingerprint density at radius 1 is 1.24 bits per heavy atom. The average Bonchev–Trinajstić information content (AvgIpc) is 3.98. The molecule has 3 aromatic heterocycles. The van der Waals surface area contributed by atoms with Crippen LogP contribution in [0.4, 0.5) is 28.8 Å². The van der Waals surface area contributed by atoms with Crippen LogP contribution in [0.2, 0.25) is 5.02 Å². The van der Waals surface area contributed by atoms with Crippen molar-refractivity contribution in [1.82, 2.24) is 29.3 Å². The van der Waals surface area contributed by atoms with Crippen LogP contribution in [0.3, 0.4) is 0 Å². The van der Waals surface area contributed by atoms with Crippen molar-refractivity contribution >= 4 is 60.8 Å². The van der Waals surface area contributed by atoms with Gasteiger partial charge in [0.2, 0.25) is 5.82 Å². The third kappa shape index (κ3) is 5.58. The van der Waals surface area contributed by atoms with Crippen LogP contribution in [-0.2, 0) is 0 Å². The summed E-state index contributed by atoms with van der Waals surface area (Å²) in [4.78, 5) is 32.7. The van der Waals surface area contributed by atoms with E-state index in [-0.39, 0.29) is 78.2 Å². The van der Waals surface area contributed by atoms with Crippen LogP contribution in [0.25, 0.3) is 32.1 Å². The number of amides is 1. The lowest BCUT2D eigenvalue weighted by molar-refractivity contribution is 0.107. The van der Waals surface area contributed by atoms with Gasteiger partial charge in [-0.1, -0.05) is 17.7 Å². The first-order valence-electron chi connectivity index (χ1n) is 17.6. The van der Waals surface area contributed by atoms with Crippen molar-refractivity contribution in [2.24, 2.45) is 0 Å². The number of nitriles is 2. The quantitative estimate of drug-likeness (QED) is 0.185. The highest BCUT2D eigenvalue weighted by Crippen LogP contribution is 2.46. The molecule has 3 saturated heterocycles. The monoisotopic (exact) mass is 774 g/mol. The fraction of sp³-hybridized carbons (Fsp3) is 0.405. The summed E-state index contributed by atoms with van der Waals surface area (Å²) in [6, 6.07) is 6.83. The summed E-state index contributed by atoms with van der Waals surface area (Å²) in [6.07, 6.45) is 4.31. The number of likely N-dealkylation sites (N-methyl/N-ethyl adjacent to an activating group) is 1. The minimum Gasteiger partial charge on any atom is -0.461 e. The number of rotatable bonds is 7. The highest BCUT2D eigenvalue weighted by molar-refractivity contribution is 7.23. The Labute approximate surface area is 317 Å². The Morgan fingerprint density at radius 2 is 2.06 bits per heavy atom. The number of aromatic nitrogens is 4. The molecule has 0 aliphatic carbocycles. The summed E-state index contributed by atoms with van der Waals surface area (Å²) in [5, 5.41) is 19.9. The smallest absolute Gasteiger partial charge is 0.330 e. The largest absolute Gasteiger partial charge is 0.461 e. The van der Waals surface area contributed by atoms with E-state index in [4.69, 9.17) is 27.1 Å². The number of hydrogen-bond acceptors (Lipinski definition) is 11. The lowest BCUT2D eigenvalue weighted by Gasteiger charge is -2.35. The van der Waals surface area contributed by atoms with Gasteiger partial charge < -0.3 is 20.3 Å². The maximum absolute atomic E-state index is 17.3. The van der Waals surface area contributed by atoms with Gasteiger partial charge in [0.25, 0.3) is 0 Å². The molecule has 2 N–H and O–H groups in total. The van der Waals surface area contributed by atoms with E-state index in [0.717, 1.165) is 30.7 Å². The fourth-order valence-corrected chi connectivity index (χ4v) is 9.92. The van der Waals surface area contributed by atoms with Gasteiger partial charge in [-0.3, -0.25) is 4.90 Å². The molecular weight excluding hydrogens is 741 g/mol. The molecule has 0 bridgehead atoms. The predicted octanol–water partition coefficient (Wildman–Crippen LogP) is 6.88. The second-order valence-electron chi connectivity index (χ2n) is 14.0. The third-order valence-electron chi connectivity index (χ3n) is 11.2. The number of anilines is 2. The van der Waals surface area contributed by atoms with Gasteiger partial charge in [-0.25, -0.2) is 27.5 Å². The lowest BCUT2D eigenvalue weighted by Crippen LogP contribution is -2.47. The number of alkyl halides is 1. The highest BCUT2D eigenvalue weighted by atomic mass is 35.5. The lowest BCUT2D eigenvalue weighted by atomic mass is 9.95. The van der Waals surface area contributed by atoms with E-state index >= 15 is 8.78 Å². The van der Waals surface area contributed by atoms with Crippen molar-refractivity contribution in [2.45, 2.75) is 63.3 Å². The second-order valence-corrected chi connectivity index (χ2v) is 15.4. The summed E-state index contributed by atoms with van der Waals surface area (Å²) >= 11 is 7.82. The molecule has 3 aliphatic rings. The van der Waals surface area contributed by atoms with Gasteiger partial charge in [0.05, 0.1) is 32.9 Å². The molecule has 3 aliphatic heterocycles. The van der Waals surface area contributed by atoms with E-state index in [1.54, 1.807) is 11.0 Å². The zero-order valence-electron chi connectivity index (χ0n) is 29.3. The Balaban J connectivity index is 1.26. The van der Waals surface area contributed by atoms with E-state index in [2.05, 4.69) is 14.9 Å². The molecule has 0 radical (unpaired) electrons. The standard InChI is InChI=1S/C37H34ClF3N10O2S/c1-3-49(26-7-11-50(19(26)2)36(52)51-12-9-45-27(51)16-43)34-22-13-24(38)29(21-5-6-25(40)32-28(21)23(15-42)33(44)54-32)30(41)31(22)46-35(47-34)53-18-37-8-4-10-48(37)17-20(39)14-37/h5-6,9,12-13,19-20,26H,3-4,7-8,10-11,14,17-18,44H2,1-2H3/t19-,20-,26-,37+/m1/s1. The van der Waals surface area contributed by atoms with E-state index in [9.17, 15) is 19.7 Å². The first kappa shape index (κ1) is 35.8. The minimum absolute atomic E-state index is 0.0135. The van der Waals surface area contributed by atoms with E-state index in [1.165, 1.54) is 29.1 Å². The van der Waals surface area contributed by atoms with Gasteiger partial charge in [-0.05, 0) is 57.4 Å². The Morgan fingerprint density at radius 3 is 2.81 bits per heavy atom. The van der Waals surface area contributed by atoms with Crippen molar-refractivity contribution < 1.29 is 22.7 Å². The molecular formula is C37H34ClF3N10O2S. The molecule has 0 unspecified atom stereocenters. The van der Waals surface area contributed by atoms with Crippen molar-refractivity contribution in [3.05, 3.63) is 58.6 Å². The summed E-state index contributed by atoms with van der Waals surface area (Å²) in [6.45, 7) is 5.73. The maximum atomic E-state index is 17.3. The molecule has 2 aromatic carbocycles. The number of ether oxygens (including phenoxy) is 1. The highest BCUT2D eigenvalue weighted by Gasteiger charge is 2.49. The predicted molar refractivity (Wildman–Crippen MR) is 198 cm³/mol. The number of carbonyl (C=O) groups is 1. The van der Waals surface area contributed by atoms with Crippen LogP contribution in [-0.4, -0.2) is 91.9 Å². The molecule has 54 heavy (non-hydrogen) atoms. The number of imidazole rings is 1. The van der Waals surface area contributed by atoms with Crippen LogP contribution >= 0.6 is 22.9 Å². The molecule has 12 nitrogen and oxygen atoms in total. The average molecular weight is 775 g/mol. The second kappa shape index (κ2) is 13.6. The summed E-state index contributed by atoms with van der Waals surface area (Å²) in [7, 11) is 0. The first-order valence-corrected chi connectivity index (χ1v) is 18.8. The minimum atomic E-state index is -0.988. The summed E-state index contributed by atoms with van der Waals surface area (Å²) in [5.74, 6) is -1.16. The molecule has 1 amide bonds. The molecule has 3 fully saturated rings. The Hall–Kier alpha value is -5.16. The van der Waals surface area contributed by atoms with E-state index in [0.29, 0.717) is 38.3 Å². The van der Waals surface area contributed by atoms with Crippen molar-refractivity contribution in [1.29, 1.82) is 10.5 Å². The van der Waals surface area contributed by atoms with Gasteiger partial charge in [-0.15, -0.1) is 11.3 Å². The molecule has 278 valence electrons. The first-order chi connectivity index (χ1) is 26.0. The normalized spacial score (nSPS) is 22.5. The number of benzene rings is 2. The van der Waals surface area contributed by atoms with Gasteiger partial charge >= 0.3 is 12.0 Å². The number of fused-ring (bicyclic) bond motifs is 3. The Bertz CT molecular complexity index is 2430. The number of nitrogens with zero attached hydrogens (tertiary/aromatic N) is 9. The molecule has 8 rings (SSSR count). The number of nitrogens with two attached hydrogens (primary N) is 1. The van der Waals surface area contributed by atoms with Crippen molar-refractivity contribution in [2.75, 3.05) is 43.4 Å². The number of thiophene rings is 1. The molecule has 4 atom stereocenters. The zero-order chi connectivity index (χ0) is 38.1. The molecule has 17 heteroatoms. The summed E-state index contributed by atoms with van der Waals surface area (Å²) < 4.78 is 54.5. The number of hydrogen-bond donors (Lipinski definition) is 1. The number of nitrogen functional groups attached to an aromatic ring is 1. The van der Waals surface area contributed by atoms with Crippen LogP contribution in [0.15, 0.2) is 30.6 Å². The number of halogens is 4. The molecule has 0 saturated carbocycles. The molecule has 6 heterocycles. The van der Waals surface area contributed by atoms with Crippen LogP contribution in [0.1, 0.15) is 50.9 Å². The number of likely N-dealkylation sites (tertiary alicyclic amines) is 1. The van der Waals surface area contributed by atoms with Crippen molar-refractivity contribution in [3.8, 4) is 29.3 Å². The van der Waals surface area contributed by atoms with Gasteiger partial charge in [0.1, 0.15) is 47.1 Å². The molecule has 0 spiro atoms. The maximum Gasteiger partial charge on any atom is 0.330 e.